The summed E-state index contributed by atoms with van der Waals surface area (Å²) in [6.07, 6.45) is 0. The van der Waals surface area contributed by atoms with Gasteiger partial charge in [-0.05, 0) is 0 Å². The number of benzene rings is 2. The number of hydrogen-bond donors (Lipinski definition) is 1. The molecular weight excluding hydrogens is 379 g/mol. The Kier molecular flexibility index (Phi) is 4.70. The van der Waals surface area contributed by atoms with Gasteiger partial charge in [0, 0.05) is 0 Å². The first-order valence-corrected chi connectivity index (χ1v) is 8.53. The SMILES string of the molecule is N#CC1=C(N)O[B-](c2ccccc2)(c2ccccc2)N=C1C(Cl)(Cl)Cl. The van der Waals surface area contributed by atoms with E-state index in [4.69, 9.17) is 45.2 Å². The molecule has 0 bridgehead atoms. The molecule has 2 aromatic rings. The Morgan fingerprint density at radius 2 is 1.44 bits per heavy atom. The minimum Gasteiger partial charge on any atom is -0.676 e. The van der Waals surface area contributed by atoms with E-state index in [1.54, 1.807) is 0 Å². The van der Waals surface area contributed by atoms with Crippen molar-refractivity contribution in [3.8, 4) is 6.07 Å². The van der Waals surface area contributed by atoms with Crippen LogP contribution in [-0.2, 0) is 4.65 Å². The highest BCUT2D eigenvalue weighted by atomic mass is 35.6. The standard InChI is InChI=1S/C17H12BCl3N3O/c19-17(20,21)15-14(11-22)16(23)25-18(24-15,12-7-3-1-4-8-12)13-9-5-2-6-10-13/h1-10H,23H2/q-1. The summed E-state index contributed by atoms with van der Waals surface area (Å²) in [6.45, 7) is -2.20. The quantitative estimate of drug-likeness (QED) is 0.632. The van der Waals surface area contributed by atoms with E-state index in [9.17, 15) is 5.26 Å². The van der Waals surface area contributed by atoms with Crippen molar-refractivity contribution in [2.45, 2.75) is 3.79 Å². The molecule has 0 atom stereocenters. The predicted octanol–water partition coefficient (Wildman–Crippen LogP) is 2.78. The first-order valence-electron chi connectivity index (χ1n) is 7.40. The maximum Gasteiger partial charge on any atom is 0.336 e. The van der Waals surface area contributed by atoms with Crippen molar-refractivity contribution in [3.05, 3.63) is 72.1 Å². The lowest BCUT2D eigenvalue weighted by molar-refractivity contribution is 0.416. The van der Waals surface area contributed by atoms with Gasteiger partial charge in [0.1, 0.15) is 11.6 Å². The van der Waals surface area contributed by atoms with Crippen molar-refractivity contribution in [3.63, 3.8) is 0 Å². The zero-order chi connectivity index (χ0) is 18.1. The van der Waals surface area contributed by atoms with Crippen molar-refractivity contribution in [2.75, 3.05) is 0 Å². The molecule has 0 aromatic heterocycles. The molecule has 0 saturated carbocycles. The fraction of sp³-hybridized carbons (Fsp3) is 0.0588. The van der Waals surface area contributed by atoms with Crippen LogP contribution in [0.3, 0.4) is 0 Å². The van der Waals surface area contributed by atoms with Gasteiger partial charge in [-0.15, -0.1) is 10.9 Å². The molecule has 1 aliphatic rings. The monoisotopic (exact) mass is 390 g/mol. The number of nitrogens with two attached hydrogens (primary N) is 1. The van der Waals surface area contributed by atoms with Crippen LogP contribution in [0.1, 0.15) is 0 Å². The second-order valence-corrected chi connectivity index (χ2v) is 7.79. The predicted molar refractivity (Wildman–Crippen MR) is 104 cm³/mol. The van der Waals surface area contributed by atoms with Crippen molar-refractivity contribution in [2.24, 2.45) is 10.6 Å². The average Bonchev–Trinajstić information content (AvgIpc) is 2.61. The highest BCUT2D eigenvalue weighted by molar-refractivity contribution is 6.98. The molecule has 0 spiro atoms. The number of rotatable bonds is 2. The van der Waals surface area contributed by atoms with Crippen LogP contribution < -0.4 is 16.7 Å². The van der Waals surface area contributed by atoms with Crippen molar-refractivity contribution >= 4 is 57.9 Å². The van der Waals surface area contributed by atoms with Crippen LogP contribution in [0.2, 0.25) is 0 Å². The summed E-state index contributed by atoms with van der Waals surface area (Å²) in [5.74, 6) is -0.119. The lowest BCUT2D eigenvalue weighted by atomic mass is 9.42. The van der Waals surface area contributed by atoms with Gasteiger partial charge in [-0.3, -0.25) is 0 Å². The molecule has 2 aromatic carbocycles. The van der Waals surface area contributed by atoms with E-state index in [-0.39, 0.29) is 17.2 Å². The van der Waals surface area contributed by atoms with Gasteiger partial charge in [-0.25, -0.2) is 0 Å². The van der Waals surface area contributed by atoms with Gasteiger partial charge in [0.25, 0.3) is 0 Å². The topological polar surface area (TPSA) is 71.4 Å². The number of nitriles is 1. The average molecular weight is 391 g/mol. The molecule has 1 heterocycles. The first-order chi connectivity index (χ1) is 11.9. The van der Waals surface area contributed by atoms with Gasteiger partial charge in [-0.1, -0.05) is 95.5 Å². The zero-order valence-corrected chi connectivity index (χ0v) is 15.1. The fourth-order valence-electron chi connectivity index (χ4n) is 2.86. The molecule has 126 valence electrons. The maximum atomic E-state index is 9.39. The number of alkyl halides is 3. The van der Waals surface area contributed by atoms with Crippen LogP contribution >= 0.6 is 34.8 Å². The van der Waals surface area contributed by atoms with E-state index in [0.717, 1.165) is 10.9 Å². The Hall–Kier alpha value is -2.13. The Morgan fingerprint density at radius 3 is 1.84 bits per heavy atom. The molecule has 25 heavy (non-hydrogen) atoms. The molecule has 1 aliphatic heterocycles. The molecule has 2 N–H and O–H groups in total. The largest absolute Gasteiger partial charge is 0.676 e. The van der Waals surface area contributed by atoms with E-state index in [2.05, 4.69) is 4.90 Å². The summed E-state index contributed by atoms with van der Waals surface area (Å²) in [6, 6.07) is 20.5. The van der Waals surface area contributed by atoms with Crippen molar-refractivity contribution < 1.29 is 4.65 Å². The number of allylic oxidation sites excluding steroid dienone is 1. The minimum absolute atomic E-state index is 0.0311. The summed E-state index contributed by atoms with van der Waals surface area (Å²) in [7, 11) is 0. The number of hydrogen-bond acceptors (Lipinski definition) is 4. The molecule has 0 saturated heterocycles. The lowest BCUT2D eigenvalue weighted by Crippen LogP contribution is -2.62. The van der Waals surface area contributed by atoms with Crippen LogP contribution in [0, 0.1) is 11.3 Å². The normalized spacial score (nSPS) is 16.6. The van der Waals surface area contributed by atoms with Gasteiger partial charge >= 0.3 is 6.48 Å². The second kappa shape index (κ2) is 6.64. The lowest BCUT2D eigenvalue weighted by Gasteiger charge is -2.44. The summed E-state index contributed by atoms with van der Waals surface area (Å²) >= 11 is 18.2. The molecule has 0 aliphatic carbocycles. The Bertz CT molecular complexity index is 847. The van der Waals surface area contributed by atoms with Crippen LogP contribution in [-0.4, -0.2) is 16.0 Å². The molecule has 3 rings (SSSR count). The first kappa shape index (κ1) is 17.7. The summed E-state index contributed by atoms with van der Waals surface area (Å²) in [4.78, 5) is 4.63. The van der Waals surface area contributed by atoms with Crippen molar-refractivity contribution in [1.82, 2.24) is 0 Å². The molecule has 0 unspecified atom stereocenters. The molecule has 4 nitrogen and oxygen atoms in total. The molecule has 8 heteroatoms. The highest BCUT2D eigenvalue weighted by Crippen LogP contribution is 2.35. The van der Waals surface area contributed by atoms with Gasteiger partial charge in [0.15, 0.2) is 5.88 Å². The van der Waals surface area contributed by atoms with Crippen LogP contribution in [0.15, 0.2) is 77.0 Å². The summed E-state index contributed by atoms with van der Waals surface area (Å²) in [5, 5.41) is 9.39. The van der Waals surface area contributed by atoms with Gasteiger partial charge in [0.05, 0.1) is 5.71 Å². The van der Waals surface area contributed by atoms with Gasteiger partial charge in [-0.2, -0.15) is 5.26 Å². The van der Waals surface area contributed by atoms with Crippen LogP contribution in [0.4, 0.5) is 0 Å². The third-order valence-electron chi connectivity index (χ3n) is 3.97. The summed E-state index contributed by atoms with van der Waals surface area (Å²) < 4.78 is 4.09. The zero-order valence-electron chi connectivity index (χ0n) is 12.9. The van der Waals surface area contributed by atoms with Crippen molar-refractivity contribution in [1.29, 1.82) is 5.26 Å². The smallest absolute Gasteiger partial charge is 0.336 e. The number of nitrogens with zero attached hydrogens (tertiary/aromatic N) is 2. The Balaban J connectivity index is 2.33. The molecule has 0 amide bonds. The van der Waals surface area contributed by atoms with E-state index < -0.39 is 10.3 Å². The van der Waals surface area contributed by atoms with E-state index in [1.165, 1.54) is 0 Å². The minimum atomic E-state index is -2.20. The van der Waals surface area contributed by atoms with E-state index >= 15 is 0 Å². The summed E-state index contributed by atoms with van der Waals surface area (Å²) in [5.41, 5.74) is 7.41. The third kappa shape index (κ3) is 3.21. The molecule has 0 radical (unpaired) electrons. The molecule has 0 fully saturated rings. The van der Waals surface area contributed by atoms with Crippen LogP contribution in [0.25, 0.3) is 0 Å². The van der Waals surface area contributed by atoms with E-state index in [0.29, 0.717) is 0 Å². The third-order valence-corrected chi connectivity index (χ3v) is 4.51. The van der Waals surface area contributed by atoms with E-state index in [1.807, 2.05) is 66.7 Å². The second-order valence-electron chi connectivity index (χ2n) is 5.51. The van der Waals surface area contributed by atoms with Crippen LogP contribution in [0.5, 0.6) is 0 Å². The highest BCUT2D eigenvalue weighted by Gasteiger charge is 2.41. The van der Waals surface area contributed by atoms with Gasteiger partial charge in [0.2, 0.25) is 3.79 Å². The number of halogens is 3. The fourth-order valence-corrected chi connectivity index (χ4v) is 3.29. The maximum absolute atomic E-state index is 9.39. The Morgan fingerprint density at radius 1 is 0.960 bits per heavy atom. The van der Waals surface area contributed by atoms with Gasteiger partial charge < -0.3 is 15.3 Å². The molecular formula is C17H12BCl3N3O-. The Labute approximate surface area is 160 Å².